The molecule has 0 radical (unpaired) electrons. The number of aliphatic hydroxyl groups is 1. The van der Waals surface area contributed by atoms with Crippen LogP contribution >= 0.6 is 22.9 Å². The van der Waals surface area contributed by atoms with E-state index in [0.717, 1.165) is 19.4 Å². The van der Waals surface area contributed by atoms with Gasteiger partial charge in [-0.25, -0.2) is 0 Å². The Bertz CT molecular complexity index is 489. The zero-order valence-corrected chi connectivity index (χ0v) is 12.8. The van der Waals surface area contributed by atoms with Crippen molar-refractivity contribution < 1.29 is 14.7 Å². The third kappa shape index (κ3) is 4.04. The molecule has 2 rings (SSSR count). The highest BCUT2D eigenvalue weighted by Crippen LogP contribution is 2.23. The summed E-state index contributed by atoms with van der Waals surface area (Å²) in [6.45, 7) is 1.46. The zero-order valence-electron chi connectivity index (χ0n) is 11.2. The van der Waals surface area contributed by atoms with Gasteiger partial charge in [-0.2, -0.15) is 0 Å². The lowest BCUT2D eigenvalue weighted by molar-refractivity contribution is -0.133. The number of likely N-dealkylation sites (tertiary alicyclic amines) is 1. The predicted octanol–water partition coefficient (Wildman–Crippen LogP) is 2.60. The third-order valence-electron chi connectivity index (χ3n) is 3.54. The molecule has 110 valence electrons. The number of ketones is 1. The molecule has 1 unspecified atom stereocenters. The minimum absolute atomic E-state index is 0.000784. The molecule has 6 heteroatoms. The van der Waals surface area contributed by atoms with E-state index in [9.17, 15) is 9.59 Å². The summed E-state index contributed by atoms with van der Waals surface area (Å²) in [5.41, 5.74) is 0. The number of halogens is 1. The summed E-state index contributed by atoms with van der Waals surface area (Å²) in [4.78, 5) is 26.3. The monoisotopic (exact) mass is 315 g/mol. The minimum Gasteiger partial charge on any atom is -0.396 e. The first-order valence-corrected chi connectivity index (χ1v) is 7.96. The summed E-state index contributed by atoms with van der Waals surface area (Å²) < 4.78 is 0.585. The van der Waals surface area contributed by atoms with Crippen LogP contribution in [0.3, 0.4) is 0 Å². The van der Waals surface area contributed by atoms with Gasteiger partial charge in [-0.15, -0.1) is 11.3 Å². The topological polar surface area (TPSA) is 57.6 Å². The van der Waals surface area contributed by atoms with Gasteiger partial charge >= 0.3 is 0 Å². The van der Waals surface area contributed by atoms with Crippen molar-refractivity contribution in [3.05, 3.63) is 21.3 Å². The number of carbonyl (C=O) groups is 2. The maximum absolute atomic E-state index is 12.1. The van der Waals surface area contributed by atoms with E-state index in [1.165, 1.54) is 11.3 Å². The first kappa shape index (κ1) is 15.5. The molecule has 2 heterocycles. The fourth-order valence-electron chi connectivity index (χ4n) is 2.41. The number of hydrogen-bond donors (Lipinski definition) is 1. The van der Waals surface area contributed by atoms with Crippen molar-refractivity contribution in [2.24, 2.45) is 5.92 Å². The number of rotatable bonds is 5. The van der Waals surface area contributed by atoms with Gasteiger partial charge in [0, 0.05) is 32.5 Å². The molecule has 1 saturated heterocycles. The van der Waals surface area contributed by atoms with Crippen molar-refractivity contribution >= 4 is 34.6 Å². The molecule has 1 fully saturated rings. The number of carbonyl (C=O) groups excluding carboxylic acids is 2. The van der Waals surface area contributed by atoms with E-state index >= 15 is 0 Å². The molecule has 1 N–H and O–H groups in total. The molecule has 0 spiro atoms. The summed E-state index contributed by atoms with van der Waals surface area (Å²) in [5, 5.41) is 9.16. The van der Waals surface area contributed by atoms with E-state index in [2.05, 4.69) is 0 Å². The maximum atomic E-state index is 12.1. The lowest BCUT2D eigenvalue weighted by Crippen LogP contribution is -2.41. The fraction of sp³-hybridized carbons (Fsp3) is 0.571. The van der Waals surface area contributed by atoms with Crippen molar-refractivity contribution in [3.63, 3.8) is 0 Å². The van der Waals surface area contributed by atoms with E-state index in [0.29, 0.717) is 15.8 Å². The SMILES string of the molecule is O=C(CCC(=O)N1CCCC(CO)C1)c1ccc(Cl)s1. The van der Waals surface area contributed by atoms with Gasteiger partial charge in [0.05, 0.1) is 9.21 Å². The molecule has 1 atom stereocenters. The summed E-state index contributed by atoms with van der Waals surface area (Å²) in [7, 11) is 0. The van der Waals surface area contributed by atoms with Gasteiger partial charge in [-0.1, -0.05) is 11.6 Å². The molecule has 0 aromatic carbocycles. The standard InChI is InChI=1S/C14H18ClNO3S/c15-13-5-4-12(20-13)11(18)3-6-14(19)16-7-1-2-10(8-16)9-17/h4-5,10,17H,1-3,6-9H2. The van der Waals surface area contributed by atoms with Crippen LogP contribution in [-0.4, -0.2) is 41.4 Å². The Morgan fingerprint density at radius 3 is 2.85 bits per heavy atom. The molecule has 0 bridgehead atoms. The largest absolute Gasteiger partial charge is 0.396 e. The Morgan fingerprint density at radius 1 is 1.40 bits per heavy atom. The van der Waals surface area contributed by atoms with Crippen LogP contribution in [0.5, 0.6) is 0 Å². The molecular formula is C14H18ClNO3S. The van der Waals surface area contributed by atoms with Gasteiger partial charge in [0.15, 0.2) is 5.78 Å². The van der Waals surface area contributed by atoms with Gasteiger partial charge in [-0.05, 0) is 30.9 Å². The highest BCUT2D eigenvalue weighted by Gasteiger charge is 2.23. The Kier molecular flexibility index (Phi) is 5.57. The van der Waals surface area contributed by atoms with Crippen LogP contribution in [0.2, 0.25) is 4.34 Å². The number of aliphatic hydroxyl groups excluding tert-OH is 1. The Balaban J connectivity index is 1.81. The summed E-state index contributed by atoms with van der Waals surface area (Å²) in [5.74, 6) is 0.143. The second kappa shape index (κ2) is 7.20. The molecular weight excluding hydrogens is 298 g/mol. The Morgan fingerprint density at radius 2 is 2.20 bits per heavy atom. The molecule has 1 aliphatic heterocycles. The van der Waals surface area contributed by atoms with Crippen LogP contribution in [0.1, 0.15) is 35.4 Å². The average molecular weight is 316 g/mol. The van der Waals surface area contributed by atoms with E-state index < -0.39 is 0 Å². The number of nitrogens with zero attached hydrogens (tertiary/aromatic N) is 1. The molecule has 1 amide bonds. The van der Waals surface area contributed by atoms with Gasteiger partial charge < -0.3 is 10.0 Å². The highest BCUT2D eigenvalue weighted by atomic mass is 35.5. The van der Waals surface area contributed by atoms with Gasteiger partial charge in [0.25, 0.3) is 0 Å². The van der Waals surface area contributed by atoms with Gasteiger partial charge in [0.2, 0.25) is 5.91 Å². The van der Waals surface area contributed by atoms with Crippen LogP contribution in [-0.2, 0) is 4.79 Å². The van der Waals surface area contributed by atoms with Crippen LogP contribution in [0.25, 0.3) is 0 Å². The highest BCUT2D eigenvalue weighted by molar-refractivity contribution is 7.18. The molecule has 0 aliphatic carbocycles. The summed E-state index contributed by atoms with van der Waals surface area (Å²) >= 11 is 7.03. The predicted molar refractivity (Wildman–Crippen MR) is 79.3 cm³/mol. The number of thiophene rings is 1. The van der Waals surface area contributed by atoms with Gasteiger partial charge in [0.1, 0.15) is 0 Å². The second-order valence-electron chi connectivity index (χ2n) is 5.06. The smallest absolute Gasteiger partial charge is 0.223 e. The number of piperidine rings is 1. The van der Waals surface area contributed by atoms with Crippen LogP contribution < -0.4 is 0 Å². The zero-order chi connectivity index (χ0) is 14.5. The normalized spacial score (nSPS) is 19.1. The number of hydrogen-bond acceptors (Lipinski definition) is 4. The van der Waals surface area contributed by atoms with Crippen molar-refractivity contribution in [2.45, 2.75) is 25.7 Å². The molecule has 1 aliphatic rings. The quantitative estimate of drug-likeness (QED) is 0.850. The van der Waals surface area contributed by atoms with Crippen LogP contribution in [0.15, 0.2) is 12.1 Å². The molecule has 1 aromatic heterocycles. The van der Waals surface area contributed by atoms with Crippen molar-refractivity contribution in [2.75, 3.05) is 19.7 Å². The first-order valence-electron chi connectivity index (χ1n) is 6.77. The van der Waals surface area contributed by atoms with E-state index in [-0.39, 0.29) is 37.1 Å². The third-order valence-corrected chi connectivity index (χ3v) is 4.82. The fourth-order valence-corrected chi connectivity index (χ4v) is 3.42. The Labute approximate surface area is 127 Å². The lowest BCUT2D eigenvalue weighted by Gasteiger charge is -2.31. The lowest BCUT2D eigenvalue weighted by atomic mass is 9.98. The van der Waals surface area contributed by atoms with Gasteiger partial charge in [-0.3, -0.25) is 9.59 Å². The maximum Gasteiger partial charge on any atom is 0.223 e. The minimum atomic E-state index is -0.0361. The van der Waals surface area contributed by atoms with Crippen LogP contribution in [0.4, 0.5) is 0 Å². The molecule has 0 saturated carbocycles. The second-order valence-corrected chi connectivity index (χ2v) is 6.77. The number of amides is 1. The first-order chi connectivity index (χ1) is 9.60. The Hall–Kier alpha value is -0.910. The summed E-state index contributed by atoms with van der Waals surface area (Å²) in [6.07, 6.45) is 2.33. The van der Waals surface area contributed by atoms with Crippen molar-refractivity contribution in [1.29, 1.82) is 0 Å². The van der Waals surface area contributed by atoms with Crippen LogP contribution in [0, 0.1) is 5.92 Å². The van der Waals surface area contributed by atoms with Crippen molar-refractivity contribution in [1.82, 2.24) is 4.90 Å². The molecule has 20 heavy (non-hydrogen) atoms. The average Bonchev–Trinajstić information content (AvgIpc) is 2.91. The van der Waals surface area contributed by atoms with E-state index in [1.54, 1.807) is 17.0 Å². The number of Topliss-reactive ketones (excluding diaryl/α,β-unsaturated/α-hetero) is 1. The molecule has 4 nitrogen and oxygen atoms in total. The van der Waals surface area contributed by atoms with E-state index in [4.69, 9.17) is 16.7 Å². The van der Waals surface area contributed by atoms with E-state index in [1.807, 2.05) is 0 Å². The summed E-state index contributed by atoms with van der Waals surface area (Å²) in [6, 6.07) is 3.39. The van der Waals surface area contributed by atoms with Crippen molar-refractivity contribution in [3.8, 4) is 0 Å². The molecule has 1 aromatic rings.